The van der Waals surface area contributed by atoms with Crippen LogP contribution in [0.3, 0.4) is 0 Å². The van der Waals surface area contributed by atoms with Crippen molar-refractivity contribution in [1.29, 1.82) is 0 Å². The number of nitrogens with zero attached hydrogens (tertiary/aromatic N) is 4. The number of nitrogens with one attached hydrogen (secondary N) is 1. The van der Waals surface area contributed by atoms with Crippen molar-refractivity contribution in [3.05, 3.63) is 54.1 Å². The first-order valence-electron chi connectivity index (χ1n) is 12.0. The predicted octanol–water partition coefficient (Wildman–Crippen LogP) is 4.70. The molecule has 0 unspecified atom stereocenters. The number of anilines is 2. The van der Waals surface area contributed by atoms with Crippen LogP contribution < -0.4 is 15.0 Å². The Morgan fingerprint density at radius 3 is 1.93 bits per heavy atom. The van der Waals surface area contributed by atoms with Gasteiger partial charge in [0.15, 0.2) is 11.6 Å². The molecule has 2 N–H and O–H groups in total. The number of para-hydroxylation sites is 2. The lowest BCUT2D eigenvalue weighted by Crippen LogP contribution is -2.49. The first kappa shape index (κ1) is 28.7. The summed E-state index contributed by atoms with van der Waals surface area (Å²) >= 11 is 0. The number of carboxylic acids is 1. The van der Waals surface area contributed by atoms with Crippen LogP contribution in [0.1, 0.15) is 23.2 Å². The van der Waals surface area contributed by atoms with Gasteiger partial charge in [-0.15, -0.1) is 13.2 Å². The Hall–Kier alpha value is -4.30. The lowest BCUT2D eigenvalue weighted by atomic mass is 10.1. The van der Waals surface area contributed by atoms with E-state index in [9.17, 15) is 31.1 Å². The average molecular weight is 571 g/mol. The number of fused-ring (bicyclic) bond motifs is 1. The second-order valence-corrected chi connectivity index (χ2v) is 8.96. The maximum absolute atomic E-state index is 12.8. The van der Waals surface area contributed by atoms with Crippen molar-refractivity contribution in [2.24, 2.45) is 0 Å². The third-order valence-corrected chi connectivity index (χ3v) is 5.91. The third kappa shape index (κ3) is 7.64. The fourth-order valence-corrected chi connectivity index (χ4v) is 3.83. The Kier molecular flexibility index (Phi) is 8.21. The van der Waals surface area contributed by atoms with Gasteiger partial charge in [0.05, 0.1) is 11.0 Å². The summed E-state index contributed by atoms with van der Waals surface area (Å²) in [5, 5.41) is 10.6. The molecule has 214 valence electrons. The molecule has 0 radical (unpaired) electrons. The Labute approximate surface area is 223 Å². The number of aliphatic carboxylic acids is 1. The molecule has 5 rings (SSSR count). The largest absolute Gasteiger partial charge is 0.573 e. The van der Waals surface area contributed by atoms with Gasteiger partial charge in [0, 0.05) is 37.8 Å². The number of benzene rings is 2. The minimum absolute atomic E-state index is 0.228. The summed E-state index contributed by atoms with van der Waals surface area (Å²) in [5.74, 6) is -1.80. The molecule has 2 aromatic carbocycles. The Morgan fingerprint density at radius 2 is 1.43 bits per heavy atom. The maximum Gasteiger partial charge on any atom is 0.573 e. The lowest BCUT2D eigenvalue weighted by molar-refractivity contribution is -0.274. The van der Waals surface area contributed by atoms with Gasteiger partial charge in [0.1, 0.15) is 5.75 Å². The standard InChI is InChI=1S/C23H22F3N5O2.C2HF3O2/c24-23(25,26)33-17-9-5-15(6-10-17)22(32)31-13-11-30(12-14-31)21-20(27-16-7-8-16)28-18-3-1-2-4-19(18)29-21;3-2(4,5)1(6)7/h1-6,9-10,16H,7-8,11-14H2,(H,27,28);(H,6,7). The topological polar surface area (TPSA) is 108 Å². The molecule has 3 aromatic rings. The van der Waals surface area contributed by atoms with Crippen LogP contribution in [-0.2, 0) is 4.79 Å². The van der Waals surface area contributed by atoms with Gasteiger partial charge in [-0.2, -0.15) is 13.2 Å². The number of rotatable bonds is 5. The van der Waals surface area contributed by atoms with Crippen LogP contribution >= 0.6 is 0 Å². The number of alkyl halides is 6. The molecule has 1 aliphatic carbocycles. The van der Waals surface area contributed by atoms with E-state index in [1.54, 1.807) is 4.90 Å². The zero-order valence-corrected chi connectivity index (χ0v) is 20.7. The number of hydrogen-bond acceptors (Lipinski definition) is 7. The highest BCUT2D eigenvalue weighted by Gasteiger charge is 2.38. The van der Waals surface area contributed by atoms with Crippen molar-refractivity contribution in [1.82, 2.24) is 14.9 Å². The molecule has 40 heavy (non-hydrogen) atoms. The van der Waals surface area contributed by atoms with Crippen molar-refractivity contribution < 1.29 is 45.8 Å². The molecule has 1 saturated carbocycles. The maximum atomic E-state index is 12.8. The molecule has 1 aliphatic heterocycles. The molecule has 2 fully saturated rings. The minimum atomic E-state index is -5.08. The normalized spacial score (nSPS) is 15.8. The van der Waals surface area contributed by atoms with Crippen molar-refractivity contribution in [2.75, 3.05) is 36.4 Å². The SMILES string of the molecule is O=C(O)C(F)(F)F.O=C(c1ccc(OC(F)(F)F)cc1)N1CCN(c2nc3ccccc3nc2NC2CC2)CC1. The number of halogens is 6. The minimum Gasteiger partial charge on any atom is -0.475 e. The molecule has 0 bridgehead atoms. The quantitative estimate of drug-likeness (QED) is 0.425. The van der Waals surface area contributed by atoms with Crippen LogP contribution in [0.4, 0.5) is 38.0 Å². The number of carbonyl (C=O) groups excluding carboxylic acids is 1. The van der Waals surface area contributed by atoms with Crippen molar-refractivity contribution in [3.8, 4) is 5.75 Å². The number of carbonyl (C=O) groups is 2. The third-order valence-electron chi connectivity index (χ3n) is 5.91. The number of carboxylic acid groups (broad SMARTS) is 1. The molecule has 2 heterocycles. The average Bonchev–Trinajstić information content (AvgIpc) is 3.71. The molecule has 15 heteroatoms. The van der Waals surface area contributed by atoms with Gasteiger partial charge >= 0.3 is 18.5 Å². The number of aromatic nitrogens is 2. The summed E-state index contributed by atoms with van der Waals surface area (Å²) < 4.78 is 72.6. The molecule has 2 aliphatic rings. The number of piperazine rings is 1. The van der Waals surface area contributed by atoms with E-state index in [1.165, 1.54) is 12.1 Å². The summed E-state index contributed by atoms with van der Waals surface area (Å²) in [4.78, 5) is 35.2. The van der Waals surface area contributed by atoms with E-state index in [4.69, 9.17) is 19.9 Å². The Balaban J connectivity index is 0.000000470. The van der Waals surface area contributed by atoms with Gasteiger partial charge in [-0.3, -0.25) is 4.79 Å². The van der Waals surface area contributed by atoms with Crippen LogP contribution in [0.25, 0.3) is 11.0 Å². The first-order chi connectivity index (χ1) is 18.8. The van der Waals surface area contributed by atoms with Crippen molar-refractivity contribution >= 4 is 34.5 Å². The van der Waals surface area contributed by atoms with E-state index >= 15 is 0 Å². The van der Waals surface area contributed by atoms with E-state index < -0.39 is 18.5 Å². The van der Waals surface area contributed by atoms with E-state index in [-0.39, 0.29) is 11.7 Å². The lowest BCUT2D eigenvalue weighted by Gasteiger charge is -2.36. The van der Waals surface area contributed by atoms with Gasteiger partial charge < -0.3 is 25.0 Å². The molecule has 1 aromatic heterocycles. The highest BCUT2D eigenvalue weighted by Crippen LogP contribution is 2.31. The fraction of sp³-hybridized carbons (Fsp3) is 0.360. The van der Waals surface area contributed by atoms with Crippen LogP contribution in [0.2, 0.25) is 0 Å². The number of hydrogen-bond donors (Lipinski definition) is 2. The molecule has 1 saturated heterocycles. The van der Waals surface area contributed by atoms with E-state index in [1.807, 2.05) is 24.3 Å². The van der Waals surface area contributed by atoms with Gasteiger partial charge in [-0.1, -0.05) is 12.1 Å². The highest BCUT2D eigenvalue weighted by molar-refractivity contribution is 5.94. The highest BCUT2D eigenvalue weighted by atomic mass is 19.4. The zero-order chi connectivity index (χ0) is 29.1. The summed E-state index contributed by atoms with van der Waals surface area (Å²) in [6.07, 6.45) is -7.62. The molecular weight excluding hydrogens is 548 g/mol. The monoisotopic (exact) mass is 571 g/mol. The molecular formula is C25H23F6N5O4. The van der Waals surface area contributed by atoms with E-state index in [2.05, 4.69) is 15.0 Å². The summed E-state index contributed by atoms with van der Waals surface area (Å²) in [6, 6.07) is 13.1. The van der Waals surface area contributed by atoms with Crippen LogP contribution in [0.5, 0.6) is 5.75 Å². The summed E-state index contributed by atoms with van der Waals surface area (Å²) in [6.45, 7) is 2.09. The second kappa shape index (κ2) is 11.4. The van der Waals surface area contributed by atoms with Crippen molar-refractivity contribution in [2.45, 2.75) is 31.4 Å². The number of ether oxygens (including phenoxy) is 1. The van der Waals surface area contributed by atoms with Gasteiger partial charge in [0.2, 0.25) is 0 Å². The second-order valence-electron chi connectivity index (χ2n) is 8.96. The van der Waals surface area contributed by atoms with Crippen LogP contribution in [0, 0.1) is 0 Å². The fourth-order valence-electron chi connectivity index (χ4n) is 3.83. The molecule has 9 nitrogen and oxygen atoms in total. The van der Waals surface area contributed by atoms with Crippen molar-refractivity contribution in [3.63, 3.8) is 0 Å². The zero-order valence-electron chi connectivity index (χ0n) is 20.7. The molecule has 0 spiro atoms. The molecule has 1 amide bonds. The smallest absolute Gasteiger partial charge is 0.475 e. The number of amides is 1. The van der Waals surface area contributed by atoms with Gasteiger partial charge in [-0.25, -0.2) is 14.8 Å². The van der Waals surface area contributed by atoms with Crippen LogP contribution in [0.15, 0.2) is 48.5 Å². The predicted molar refractivity (Wildman–Crippen MR) is 131 cm³/mol. The van der Waals surface area contributed by atoms with Gasteiger partial charge in [-0.05, 0) is 49.2 Å². The van der Waals surface area contributed by atoms with Crippen LogP contribution in [-0.4, -0.2) is 76.6 Å². The summed E-state index contributed by atoms with van der Waals surface area (Å²) in [5.41, 5.74) is 1.96. The van der Waals surface area contributed by atoms with Gasteiger partial charge in [0.25, 0.3) is 5.91 Å². The van der Waals surface area contributed by atoms with E-state index in [0.29, 0.717) is 37.8 Å². The first-order valence-corrected chi connectivity index (χ1v) is 12.0. The van der Waals surface area contributed by atoms with E-state index in [0.717, 1.165) is 47.6 Å². The Morgan fingerprint density at radius 1 is 0.875 bits per heavy atom. The summed E-state index contributed by atoms with van der Waals surface area (Å²) in [7, 11) is 0. The Bertz CT molecular complexity index is 1350. The molecule has 0 atom stereocenters.